The van der Waals surface area contributed by atoms with Crippen molar-refractivity contribution in [3.63, 3.8) is 0 Å². The molecule has 0 N–H and O–H groups in total. The van der Waals surface area contributed by atoms with Gasteiger partial charge in [-0.15, -0.1) is 0 Å². The lowest BCUT2D eigenvalue weighted by Crippen LogP contribution is -2.52. The molecule has 44 heavy (non-hydrogen) atoms. The summed E-state index contributed by atoms with van der Waals surface area (Å²) >= 11 is 12.6. The van der Waals surface area contributed by atoms with Gasteiger partial charge in [-0.25, -0.2) is 9.18 Å². The molecule has 3 aromatic carbocycles. The first kappa shape index (κ1) is 30.7. The van der Waals surface area contributed by atoms with Crippen LogP contribution in [-0.2, 0) is 0 Å². The molecule has 0 spiro atoms. The van der Waals surface area contributed by atoms with Crippen LogP contribution in [0.15, 0.2) is 71.7 Å². The zero-order valence-corrected chi connectivity index (χ0v) is 26.3. The van der Waals surface area contributed by atoms with Crippen molar-refractivity contribution in [2.45, 2.75) is 43.8 Å². The number of amides is 2. The highest BCUT2D eigenvalue weighted by atomic mass is 35.5. The number of hydrogen-bond acceptors (Lipinski definition) is 5. The van der Waals surface area contributed by atoms with Gasteiger partial charge in [0.2, 0.25) is 0 Å². The minimum atomic E-state index is -0.654. The summed E-state index contributed by atoms with van der Waals surface area (Å²) in [6.07, 6.45) is 4.36. The molecule has 232 valence electrons. The number of likely N-dealkylation sites (tertiary alicyclic amines) is 2. The normalized spacial score (nSPS) is 21.0. The summed E-state index contributed by atoms with van der Waals surface area (Å²) in [5.74, 6) is 1.43. The third-order valence-corrected chi connectivity index (χ3v) is 9.36. The molecule has 2 atom stereocenters. The van der Waals surface area contributed by atoms with Crippen molar-refractivity contribution < 1.29 is 18.7 Å². The molecule has 0 aliphatic carbocycles. The summed E-state index contributed by atoms with van der Waals surface area (Å²) in [5, 5.41) is 1.22. The summed E-state index contributed by atoms with van der Waals surface area (Å²) in [6.45, 7) is 2.82. The molecule has 0 bridgehead atoms. The molecule has 0 aromatic heterocycles. The standard InChI is InChI=1S/C34H37Cl2FN4O3/c1-43-28-12-13-29(30(22-28)44-21-16-37)33-38-31(23-4-8-25(35)9-5-23)32(24-6-10-26(36)11-7-24)41(33)34(42)40-19-14-27(15-20-40)39-17-2-3-18-39/h4-13,22,27,31-32H,2-3,14-21H2,1H3. The number of benzene rings is 3. The van der Waals surface area contributed by atoms with Crippen LogP contribution < -0.4 is 9.47 Å². The van der Waals surface area contributed by atoms with Crippen LogP contribution in [0.5, 0.6) is 11.5 Å². The topological polar surface area (TPSA) is 57.6 Å². The second-order valence-corrected chi connectivity index (χ2v) is 12.3. The van der Waals surface area contributed by atoms with Crippen LogP contribution in [0.2, 0.25) is 10.0 Å². The fourth-order valence-corrected chi connectivity index (χ4v) is 6.87. The molecular formula is C34H37Cl2FN4O3. The van der Waals surface area contributed by atoms with E-state index in [1.807, 2.05) is 59.5 Å². The van der Waals surface area contributed by atoms with Crippen molar-refractivity contribution in [1.82, 2.24) is 14.7 Å². The van der Waals surface area contributed by atoms with E-state index in [1.165, 1.54) is 12.8 Å². The predicted molar refractivity (Wildman–Crippen MR) is 172 cm³/mol. The smallest absolute Gasteiger partial charge is 0.326 e. The number of rotatable bonds is 8. The van der Waals surface area contributed by atoms with E-state index in [0.717, 1.165) is 37.1 Å². The van der Waals surface area contributed by atoms with Crippen LogP contribution in [-0.4, -0.2) is 79.2 Å². The Balaban J connectivity index is 1.43. The highest BCUT2D eigenvalue weighted by Crippen LogP contribution is 2.46. The van der Waals surface area contributed by atoms with Crippen molar-refractivity contribution in [3.8, 4) is 11.5 Å². The molecule has 2 saturated heterocycles. The number of halogens is 3. The number of ether oxygens (including phenoxy) is 2. The Labute approximate surface area is 268 Å². The zero-order chi connectivity index (χ0) is 30.6. The molecule has 3 aliphatic rings. The number of carbonyl (C=O) groups is 1. The fourth-order valence-electron chi connectivity index (χ4n) is 6.62. The largest absolute Gasteiger partial charge is 0.497 e. The van der Waals surface area contributed by atoms with Gasteiger partial charge in [0.25, 0.3) is 0 Å². The van der Waals surface area contributed by atoms with Gasteiger partial charge < -0.3 is 19.3 Å². The van der Waals surface area contributed by atoms with E-state index in [2.05, 4.69) is 4.90 Å². The summed E-state index contributed by atoms with van der Waals surface area (Å²) in [6, 6.07) is 19.9. The number of urea groups is 1. The molecule has 10 heteroatoms. The molecule has 2 amide bonds. The lowest BCUT2D eigenvalue weighted by atomic mass is 9.93. The maximum Gasteiger partial charge on any atom is 0.326 e. The first-order chi connectivity index (χ1) is 21.5. The van der Waals surface area contributed by atoms with E-state index in [1.54, 1.807) is 24.1 Å². The first-order valence-corrected chi connectivity index (χ1v) is 16.0. The number of alkyl halides is 1. The predicted octanol–water partition coefficient (Wildman–Crippen LogP) is 7.58. The van der Waals surface area contributed by atoms with Gasteiger partial charge in [-0.1, -0.05) is 47.5 Å². The SMILES string of the molecule is COc1ccc(C2=NC(c3ccc(Cl)cc3)C(c3ccc(Cl)cc3)N2C(=O)N2CCC(N3CCCC3)CC2)c(OCCF)c1. The van der Waals surface area contributed by atoms with Crippen LogP contribution in [0.3, 0.4) is 0 Å². The number of methoxy groups -OCH3 is 1. The highest BCUT2D eigenvalue weighted by molar-refractivity contribution is 6.30. The molecular weight excluding hydrogens is 602 g/mol. The van der Waals surface area contributed by atoms with Crippen molar-refractivity contribution in [2.24, 2.45) is 4.99 Å². The highest BCUT2D eigenvalue weighted by Gasteiger charge is 2.45. The van der Waals surface area contributed by atoms with Crippen LogP contribution in [0.4, 0.5) is 9.18 Å². The van der Waals surface area contributed by atoms with Gasteiger partial charge in [0.05, 0.1) is 18.7 Å². The Morgan fingerprint density at radius 2 is 1.55 bits per heavy atom. The summed E-state index contributed by atoms with van der Waals surface area (Å²) in [4.78, 5) is 26.3. The second kappa shape index (κ2) is 13.8. The van der Waals surface area contributed by atoms with Crippen molar-refractivity contribution in [3.05, 3.63) is 93.5 Å². The maximum absolute atomic E-state index is 14.7. The summed E-state index contributed by atoms with van der Waals surface area (Å²) in [5.41, 5.74) is 2.40. The minimum absolute atomic E-state index is 0.118. The third kappa shape index (κ3) is 6.39. The third-order valence-electron chi connectivity index (χ3n) is 8.85. The molecule has 2 unspecified atom stereocenters. The number of amidine groups is 1. The van der Waals surface area contributed by atoms with E-state index in [4.69, 9.17) is 37.7 Å². The number of aliphatic imine (C=N–C) groups is 1. The van der Waals surface area contributed by atoms with E-state index >= 15 is 0 Å². The average molecular weight is 640 g/mol. The molecule has 3 aliphatic heterocycles. The van der Waals surface area contributed by atoms with Crippen LogP contribution in [0.25, 0.3) is 0 Å². The van der Waals surface area contributed by atoms with Crippen molar-refractivity contribution >= 4 is 35.1 Å². The van der Waals surface area contributed by atoms with Crippen LogP contribution in [0.1, 0.15) is 54.5 Å². The Kier molecular flexibility index (Phi) is 9.59. The first-order valence-electron chi connectivity index (χ1n) is 15.2. The molecule has 7 nitrogen and oxygen atoms in total. The number of carbonyl (C=O) groups excluding carboxylic acids is 1. The zero-order valence-electron chi connectivity index (χ0n) is 24.8. The average Bonchev–Trinajstić information content (AvgIpc) is 3.73. The Morgan fingerprint density at radius 1 is 0.909 bits per heavy atom. The summed E-state index contributed by atoms with van der Waals surface area (Å²) in [7, 11) is 1.57. The quantitative estimate of drug-likeness (QED) is 0.255. The summed E-state index contributed by atoms with van der Waals surface area (Å²) < 4.78 is 24.6. The molecule has 3 aromatic rings. The monoisotopic (exact) mass is 638 g/mol. The van der Waals surface area contributed by atoms with Gasteiger partial charge in [0.15, 0.2) is 0 Å². The second-order valence-electron chi connectivity index (χ2n) is 11.5. The Hall–Kier alpha value is -3.33. The fraction of sp³-hybridized carbons (Fsp3) is 0.412. The van der Waals surface area contributed by atoms with Gasteiger partial charge in [-0.2, -0.15) is 0 Å². The van der Waals surface area contributed by atoms with E-state index in [9.17, 15) is 9.18 Å². The maximum atomic E-state index is 14.7. The molecule has 2 fully saturated rings. The number of hydrogen-bond donors (Lipinski definition) is 0. The molecule has 3 heterocycles. The van der Waals surface area contributed by atoms with Crippen LogP contribution in [0, 0.1) is 0 Å². The van der Waals surface area contributed by atoms with Crippen LogP contribution >= 0.6 is 23.2 Å². The number of piperidine rings is 1. The lowest BCUT2D eigenvalue weighted by molar-refractivity contribution is 0.117. The number of nitrogens with zero attached hydrogens (tertiary/aromatic N) is 4. The van der Waals surface area contributed by atoms with E-state index < -0.39 is 18.8 Å². The van der Waals surface area contributed by atoms with Crippen molar-refractivity contribution in [2.75, 3.05) is 46.6 Å². The molecule has 6 rings (SSSR count). The minimum Gasteiger partial charge on any atom is -0.497 e. The Bertz CT molecular complexity index is 1470. The van der Waals surface area contributed by atoms with Gasteiger partial charge in [-0.3, -0.25) is 9.89 Å². The van der Waals surface area contributed by atoms with Gasteiger partial charge >= 0.3 is 6.03 Å². The van der Waals surface area contributed by atoms with Gasteiger partial charge in [0, 0.05) is 35.2 Å². The lowest BCUT2D eigenvalue weighted by Gasteiger charge is -2.40. The van der Waals surface area contributed by atoms with E-state index in [0.29, 0.717) is 52.1 Å². The van der Waals surface area contributed by atoms with Crippen molar-refractivity contribution in [1.29, 1.82) is 0 Å². The Morgan fingerprint density at radius 3 is 2.16 bits per heavy atom. The molecule has 0 saturated carbocycles. The van der Waals surface area contributed by atoms with Gasteiger partial charge in [-0.05, 0) is 86.3 Å². The van der Waals surface area contributed by atoms with Gasteiger partial charge in [0.1, 0.15) is 36.7 Å². The molecule has 0 radical (unpaired) electrons. The van der Waals surface area contributed by atoms with E-state index in [-0.39, 0.29) is 12.6 Å².